The van der Waals surface area contributed by atoms with E-state index in [4.69, 9.17) is 23.2 Å². The second-order valence-electron chi connectivity index (χ2n) is 4.15. The maximum absolute atomic E-state index is 6.17. The van der Waals surface area contributed by atoms with Crippen LogP contribution in [-0.2, 0) is 12.8 Å². The predicted octanol–water partition coefficient (Wildman–Crippen LogP) is 5.04. The molecule has 0 aliphatic heterocycles. The van der Waals surface area contributed by atoms with Crippen LogP contribution in [0.3, 0.4) is 0 Å². The molecule has 0 bridgehead atoms. The first-order valence-electron chi connectivity index (χ1n) is 5.60. The van der Waals surface area contributed by atoms with E-state index in [1.807, 2.05) is 18.2 Å². The van der Waals surface area contributed by atoms with E-state index in [9.17, 15) is 0 Å². The number of rotatable bonds is 5. The molecule has 1 atom stereocenters. The van der Waals surface area contributed by atoms with Gasteiger partial charge in [-0.25, -0.2) is 0 Å². The highest BCUT2D eigenvalue weighted by Crippen LogP contribution is 2.22. The molecule has 1 aromatic heterocycles. The molecule has 90 valence electrons. The first-order chi connectivity index (χ1) is 8.29. The molecule has 1 unspecified atom stereocenters. The zero-order valence-electron chi connectivity index (χ0n) is 9.40. The van der Waals surface area contributed by atoms with Crippen LogP contribution in [0.15, 0.2) is 41.1 Å². The number of hydrogen-bond donors (Lipinski definition) is 0. The molecule has 0 aliphatic rings. The minimum absolute atomic E-state index is 0.450. The molecule has 0 saturated carbocycles. The fourth-order valence-corrected chi connectivity index (χ4v) is 3.01. The second-order valence-corrected chi connectivity index (χ2v) is 5.65. The first kappa shape index (κ1) is 12.9. The van der Waals surface area contributed by atoms with Crippen molar-refractivity contribution in [2.75, 3.05) is 5.88 Å². The van der Waals surface area contributed by atoms with Gasteiger partial charge in [-0.2, -0.15) is 11.3 Å². The van der Waals surface area contributed by atoms with Gasteiger partial charge in [0.1, 0.15) is 0 Å². The third-order valence-corrected chi connectivity index (χ3v) is 4.33. The molecule has 0 spiro atoms. The van der Waals surface area contributed by atoms with Crippen molar-refractivity contribution < 1.29 is 0 Å². The molecule has 0 radical (unpaired) electrons. The van der Waals surface area contributed by atoms with Gasteiger partial charge in [0.2, 0.25) is 0 Å². The smallest absolute Gasteiger partial charge is 0.0438 e. The molecule has 0 saturated heterocycles. The number of thiophene rings is 1. The summed E-state index contributed by atoms with van der Waals surface area (Å²) in [5.74, 6) is 1.12. The van der Waals surface area contributed by atoms with Crippen molar-refractivity contribution in [1.29, 1.82) is 0 Å². The van der Waals surface area contributed by atoms with Crippen LogP contribution in [0.5, 0.6) is 0 Å². The largest absolute Gasteiger partial charge is 0.152 e. The van der Waals surface area contributed by atoms with Gasteiger partial charge in [0.25, 0.3) is 0 Å². The lowest BCUT2D eigenvalue weighted by Crippen LogP contribution is -2.10. The van der Waals surface area contributed by atoms with Crippen LogP contribution in [0.25, 0.3) is 0 Å². The number of halogens is 2. The molecule has 0 amide bonds. The van der Waals surface area contributed by atoms with Gasteiger partial charge in [-0.3, -0.25) is 0 Å². The third kappa shape index (κ3) is 3.74. The molecule has 17 heavy (non-hydrogen) atoms. The van der Waals surface area contributed by atoms with E-state index in [1.54, 1.807) is 11.3 Å². The summed E-state index contributed by atoms with van der Waals surface area (Å²) in [6.07, 6.45) is 1.97. The van der Waals surface area contributed by atoms with E-state index < -0.39 is 0 Å². The summed E-state index contributed by atoms with van der Waals surface area (Å²) in [5, 5.41) is 5.13. The Balaban J connectivity index is 2.03. The van der Waals surface area contributed by atoms with Crippen molar-refractivity contribution in [3.8, 4) is 0 Å². The quantitative estimate of drug-likeness (QED) is 0.675. The maximum Gasteiger partial charge on any atom is 0.0438 e. The average molecular weight is 285 g/mol. The predicted molar refractivity (Wildman–Crippen MR) is 77.4 cm³/mol. The maximum atomic E-state index is 6.17. The van der Waals surface area contributed by atoms with E-state index in [0.29, 0.717) is 11.8 Å². The Morgan fingerprint density at radius 3 is 2.59 bits per heavy atom. The molecule has 1 heterocycles. The lowest BCUT2D eigenvalue weighted by atomic mass is 9.95. The Morgan fingerprint density at radius 1 is 1.12 bits per heavy atom. The minimum atomic E-state index is 0.450. The summed E-state index contributed by atoms with van der Waals surface area (Å²) in [5.41, 5.74) is 2.56. The standard InChI is InChI=1S/C14H14Cl2S/c15-9-12(7-11-5-6-17-10-11)8-13-3-1-2-4-14(13)16/h1-6,10,12H,7-9H2. The topological polar surface area (TPSA) is 0 Å². The van der Waals surface area contributed by atoms with E-state index in [1.165, 1.54) is 11.1 Å². The fraction of sp³-hybridized carbons (Fsp3) is 0.286. The lowest BCUT2D eigenvalue weighted by Gasteiger charge is -2.14. The first-order valence-corrected chi connectivity index (χ1v) is 7.45. The van der Waals surface area contributed by atoms with Crippen LogP contribution < -0.4 is 0 Å². The molecular formula is C14H14Cl2S. The summed E-state index contributed by atoms with van der Waals surface area (Å²) >= 11 is 13.9. The van der Waals surface area contributed by atoms with Crippen LogP contribution in [0.2, 0.25) is 5.02 Å². The van der Waals surface area contributed by atoms with Gasteiger partial charge < -0.3 is 0 Å². The molecule has 2 rings (SSSR count). The summed E-state index contributed by atoms with van der Waals surface area (Å²) in [7, 11) is 0. The third-order valence-electron chi connectivity index (χ3n) is 2.79. The number of alkyl halides is 1. The van der Waals surface area contributed by atoms with Crippen molar-refractivity contribution >= 4 is 34.5 Å². The highest BCUT2D eigenvalue weighted by Gasteiger charge is 2.11. The van der Waals surface area contributed by atoms with E-state index in [2.05, 4.69) is 22.9 Å². The Morgan fingerprint density at radius 2 is 1.94 bits per heavy atom. The highest BCUT2D eigenvalue weighted by molar-refractivity contribution is 7.07. The van der Waals surface area contributed by atoms with Gasteiger partial charge in [-0.1, -0.05) is 29.8 Å². The van der Waals surface area contributed by atoms with E-state index in [-0.39, 0.29) is 0 Å². The average Bonchev–Trinajstić information content (AvgIpc) is 2.84. The van der Waals surface area contributed by atoms with Gasteiger partial charge in [-0.05, 0) is 52.8 Å². The Hall–Kier alpha value is -0.500. The van der Waals surface area contributed by atoms with E-state index in [0.717, 1.165) is 17.9 Å². The van der Waals surface area contributed by atoms with Crippen molar-refractivity contribution in [2.24, 2.45) is 5.92 Å². The van der Waals surface area contributed by atoms with Gasteiger partial charge in [0.05, 0.1) is 0 Å². The lowest BCUT2D eigenvalue weighted by molar-refractivity contribution is 0.585. The van der Waals surface area contributed by atoms with E-state index >= 15 is 0 Å². The van der Waals surface area contributed by atoms with Crippen LogP contribution >= 0.6 is 34.5 Å². The zero-order chi connectivity index (χ0) is 12.1. The van der Waals surface area contributed by atoms with Crippen LogP contribution in [-0.4, -0.2) is 5.88 Å². The van der Waals surface area contributed by atoms with Crippen molar-refractivity contribution in [3.63, 3.8) is 0 Å². The highest BCUT2D eigenvalue weighted by atomic mass is 35.5. The SMILES string of the molecule is ClCC(Cc1ccsc1)Cc1ccccc1Cl. The molecule has 0 fully saturated rings. The second kappa shape index (κ2) is 6.44. The summed E-state index contributed by atoms with van der Waals surface area (Å²) in [6, 6.07) is 10.2. The van der Waals surface area contributed by atoms with Crippen LogP contribution in [0.1, 0.15) is 11.1 Å². The number of hydrogen-bond acceptors (Lipinski definition) is 1. The molecule has 2 aromatic rings. The van der Waals surface area contributed by atoms with Gasteiger partial charge >= 0.3 is 0 Å². The van der Waals surface area contributed by atoms with Gasteiger partial charge in [0, 0.05) is 10.9 Å². The van der Waals surface area contributed by atoms with Crippen molar-refractivity contribution in [1.82, 2.24) is 0 Å². The normalized spacial score (nSPS) is 12.6. The number of benzene rings is 1. The van der Waals surface area contributed by atoms with Crippen LogP contribution in [0.4, 0.5) is 0 Å². The van der Waals surface area contributed by atoms with Crippen molar-refractivity contribution in [2.45, 2.75) is 12.8 Å². The molecule has 3 heteroatoms. The molecule has 1 aromatic carbocycles. The van der Waals surface area contributed by atoms with Gasteiger partial charge in [0.15, 0.2) is 0 Å². The van der Waals surface area contributed by atoms with Crippen LogP contribution in [0, 0.1) is 5.92 Å². The Kier molecular flexibility index (Phi) is 4.90. The fourth-order valence-electron chi connectivity index (χ4n) is 1.90. The summed E-state index contributed by atoms with van der Waals surface area (Å²) < 4.78 is 0. The monoisotopic (exact) mass is 284 g/mol. The minimum Gasteiger partial charge on any atom is -0.152 e. The molecule has 0 N–H and O–H groups in total. The van der Waals surface area contributed by atoms with Gasteiger partial charge in [-0.15, -0.1) is 11.6 Å². The Labute approximate surface area is 116 Å². The zero-order valence-corrected chi connectivity index (χ0v) is 11.7. The van der Waals surface area contributed by atoms with Crippen molar-refractivity contribution in [3.05, 3.63) is 57.2 Å². The molecule has 0 nitrogen and oxygen atoms in total. The molecular weight excluding hydrogens is 271 g/mol. The Bertz CT molecular complexity index is 451. The summed E-state index contributed by atoms with van der Waals surface area (Å²) in [6.45, 7) is 0. The molecule has 0 aliphatic carbocycles. The summed E-state index contributed by atoms with van der Waals surface area (Å²) in [4.78, 5) is 0.